The third-order valence-electron chi connectivity index (χ3n) is 7.86. The van der Waals surface area contributed by atoms with Crippen LogP contribution in [-0.2, 0) is 39.0 Å². The average Bonchev–Trinajstić information content (AvgIpc) is 3.07. The minimum absolute atomic E-state index is 0.00417. The topological polar surface area (TPSA) is 86.8 Å². The lowest BCUT2D eigenvalue weighted by molar-refractivity contribution is -0.140. The summed E-state index contributed by atoms with van der Waals surface area (Å²) in [5, 5.41) is 3.70. The zero-order chi connectivity index (χ0) is 33.3. The quantitative estimate of drug-likeness (QED) is 0.151. The Bertz CT molecular complexity index is 1740. The fourth-order valence-electron chi connectivity index (χ4n) is 5.12. The Labute approximate surface area is 282 Å². The first-order chi connectivity index (χ1) is 22.0. The molecule has 4 rings (SSSR count). The standard InChI is InChI=1S/C36H39Cl2N3O4S/c1-4-26(3)39-36(43)34(23-27-14-8-6-9-15-27)40(24-28-20-21-31(37)32(38)22-28)35(42)25-41(33-19-13-12-16-29(33)5-2)46(44,45)30-17-10-7-11-18-30/h6-22,26,34H,4-5,23-25H2,1-3H3,(H,39,43). The number of carbonyl (C=O) groups is 2. The van der Waals surface area contributed by atoms with Crippen molar-refractivity contribution >= 4 is 50.7 Å². The van der Waals surface area contributed by atoms with Crippen LogP contribution >= 0.6 is 23.2 Å². The van der Waals surface area contributed by atoms with Crippen LogP contribution in [0.5, 0.6) is 0 Å². The van der Waals surface area contributed by atoms with Crippen molar-refractivity contribution < 1.29 is 18.0 Å². The number of sulfonamides is 1. The molecular weight excluding hydrogens is 641 g/mol. The fraction of sp³-hybridized carbons (Fsp3) is 0.278. The molecule has 0 radical (unpaired) electrons. The summed E-state index contributed by atoms with van der Waals surface area (Å²) >= 11 is 12.6. The maximum absolute atomic E-state index is 14.6. The number of rotatable bonds is 14. The van der Waals surface area contributed by atoms with E-state index in [4.69, 9.17) is 23.2 Å². The Hall–Kier alpha value is -3.85. The van der Waals surface area contributed by atoms with E-state index in [1.165, 1.54) is 17.0 Å². The Morgan fingerprint density at radius 1 is 0.804 bits per heavy atom. The summed E-state index contributed by atoms with van der Waals surface area (Å²) < 4.78 is 29.6. The number of benzene rings is 4. The number of para-hydroxylation sites is 1. The van der Waals surface area contributed by atoms with Crippen LogP contribution in [-0.4, -0.2) is 43.8 Å². The Kier molecular flexibility index (Phi) is 12.3. The van der Waals surface area contributed by atoms with Gasteiger partial charge >= 0.3 is 0 Å². The first kappa shape index (κ1) is 35.0. The van der Waals surface area contributed by atoms with Crippen LogP contribution in [0.1, 0.15) is 43.9 Å². The number of carbonyl (C=O) groups excluding carboxylic acids is 2. The number of aryl methyl sites for hydroxylation is 1. The van der Waals surface area contributed by atoms with Crippen molar-refractivity contribution in [3.05, 3.63) is 130 Å². The summed E-state index contributed by atoms with van der Waals surface area (Å²) in [6.45, 7) is 5.26. The summed E-state index contributed by atoms with van der Waals surface area (Å²) in [4.78, 5) is 30.1. The summed E-state index contributed by atoms with van der Waals surface area (Å²) in [7, 11) is -4.18. The van der Waals surface area contributed by atoms with Crippen molar-refractivity contribution in [3.63, 3.8) is 0 Å². The molecule has 10 heteroatoms. The van der Waals surface area contributed by atoms with Crippen LogP contribution in [0.3, 0.4) is 0 Å². The number of anilines is 1. The largest absolute Gasteiger partial charge is 0.352 e. The molecule has 7 nitrogen and oxygen atoms in total. The lowest BCUT2D eigenvalue weighted by atomic mass is 10.0. The molecule has 0 fully saturated rings. The van der Waals surface area contributed by atoms with Gasteiger partial charge in [-0.2, -0.15) is 0 Å². The van der Waals surface area contributed by atoms with Crippen molar-refractivity contribution in [2.24, 2.45) is 0 Å². The van der Waals surface area contributed by atoms with Gasteiger partial charge in [0.15, 0.2) is 0 Å². The number of hydrogen-bond acceptors (Lipinski definition) is 4. The van der Waals surface area contributed by atoms with Gasteiger partial charge in [-0.05, 0) is 66.8 Å². The van der Waals surface area contributed by atoms with Crippen LogP contribution in [0.2, 0.25) is 10.0 Å². The highest BCUT2D eigenvalue weighted by molar-refractivity contribution is 7.92. The van der Waals surface area contributed by atoms with E-state index in [1.54, 1.807) is 48.5 Å². The Morgan fingerprint density at radius 2 is 1.43 bits per heavy atom. The van der Waals surface area contributed by atoms with Gasteiger partial charge in [0.05, 0.1) is 20.6 Å². The van der Waals surface area contributed by atoms with Crippen molar-refractivity contribution in [2.45, 2.75) is 63.6 Å². The molecule has 0 saturated carbocycles. The fourth-order valence-corrected chi connectivity index (χ4v) is 6.91. The van der Waals surface area contributed by atoms with Crippen molar-refractivity contribution in [1.82, 2.24) is 10.2 Å². The summed E-state index contributed by atoms with van der Waals surface area (Å²) in [6.07, 6.45) is 1.46. The molecule has 242 valence electrons. The molecular formula is C36H39Cl2N3O4S. The molecule has 0 spiro atoms. The molecule has 2 atom stereocenters. The van der Waals surface area contributed by atoms with Crippen molar-refractivity contribution in [1.29, 1.82) is 0 Å². The van der Waals surface area contributed by atoms with Crippen LogP contribution < -0.4 is 9.62 Å². The highest BCUT2D eigenvalue weighted by atomic mass is 35.5. The van der Waals surface area contributed by atoms with Crippen molar-refractivity contribution in [2.75, 3.05) is 10.8 Å². The van der Waals surface area contributed by atoms with Gasteiger partial charge in [0.1, 0.15) is 12.6 Å². The SMILES string of the molecule is CCc1ccccc1N(CC(=O)N(Cc1ccc(Cl)c(Cl)c1)C(Cc1ccccc1)C(=O)NC(C)CC)S(=O)(=O)c1ccccc1. The van der Waals surface area contributed by atoms with E-state index in [1.807, 2.05) is 63.2 Å². The number of amides is 2. The van der Waals surface area contributed by atoms with Gasteiger partial charge in [0, 0.05) is 19.0 Å². The summed E-state index contributed by atoms with van der Waals surface area (Å²) in [6, 6.07) is 28.5. The molecule has 0 aliphatic heterocycles. The average molecular weight is 681 g/mol. The lowest BCUT2D eigenvalue weighted by Crippen LogP contribution is -2.54. The molecule has 2 amide bonds. The molecule has 1 N–H and O–H groups in total. The smallest absolute Gasteiger partial charge is 0.264 e. The Balaban J connectivity index is 1.84. The number of nitrogens with zero attached hydrogens (tertiary/aromatic N) is 2. The Morgan fingerprint density at radius 3 is 2.07 bits per heavy atom. The van der Waals surface area contributed by atoms with E-state index in [-0.39, 0.29) is 29.8 Å². The maximum Gasteiger partial charge on any atom is 0.264 e. The molecule has 0 aliphatic rings. The first-order valence-electron chi connectivity index (χ1n) is 15.3. The van der Waals surface area contributed by atoms with E-state index in [9.17, 15) is 18.0 Å². The number of hydrogen-bond donors (Lipinski definition) is 1. The molecule has 0 bridgehead atoms. The first-order valence-corrected chi connectivity index (χ1v) is 17.5. The lowest BCUT2D eigenvalue weighted by Gasteiger charge is -2.34. The van der Waals surface area contributed by atoms with Gasteiger partial charge in [-0.25, -0.2) is 8.42 Å². The third-order valence-corrected chi connectivity index (χ3v) is 10.4. The molecule has 4 aromatic carbocycles. The number of halogens is 2. The predicted octanol–water partition coefficient (Wildman–Crippen LogP) is 7.31. The summed E-state index contributed by atoms with van der Waals surface area (Å²) in [5.74, 6) is -0.880. The van der Waals surface area contributed by atoms with Crippen LogP contribution in [0.25, 0.3) is 0 Å². The predicted molar refractivity (Wildman–Crippen MR) is 186 cm³/mol. The zero-order valence-corrected chi connectivity index (χ0v) is 28.5. The zero-order valence-electron chi connectivity index (χ0n) is 26.2. The van der Waals surface area contributed by atoms with E-state index in [0.717, 1.165) is 15.4 Å². The van der Waals surface area contributed by atoms with Gasteiger partial charge in [0.2, 0.25) is 11.8 Å². The maximum atomic E-state index is 14.6. The molecule has 0 aliphatic carbocycles. The second-order valence-corrected chi connectivity index (χ2v) is 13.8. The van der Waals surface area contributed by atoms with Gasteiger partial charge < -0.3 is 10.2 Å². The van der Waals surface area contributed by atoms with Crippen LogP contribution in [0, 0.1) is 0 Å². The minimum atomic E-state index is -4.18. The molecule has 4 aromatic rings. The molecule has 0 saturated heterocycles. The van der Waals surface area contributed by atoms with Gasteiger partial charge in [-0.3, -0.25) is 13.9 Å². The number of nitrogens with one attached hydrogen (secondary N) is 1. The van der Waals surface area contributed by atoms with E-state index in [0.29, 0.717) is 34.1 Å². The van der Waals surface area contributed by atoms with Gasteiger partial charge in [-0.1, -0.05) is 110 Å². The molecule has 46 heavy (non-hydrogen) atoms. The minimum Gasteiger partial charge on any atom is -0.352 e. The highest BCUT2D eigenvalue weighted by Gasteiger charge is 2.35. The normalized spacial score (nSPS) is 12.6. The summed E-state index contributed by atoms with van der Waals surface area (Å²) in [5.41, 5.74) is 2.66. The third kappa shape index (κ3) is 8.69. The van der Waals surface area contributed by atoms with Gasteiger partial charge in [0.25, 0.3) is 10.0 Å². The molecule has 2 unspecified atom stereocenters. The van der Waals surface area contributed by atoms with Crippen molar-refractivity contribution in [3.8, 4) is 0 Å². The highest BCUT2D eigenvalue weighted by Crippen LogP contribution is 2.29. The van der Waals surface area contributed by atoms with Crippen LogP contribution in [0.4, 0.5) is 5.69 Å². The second-order valence-electron chi connectivity index (χ2n) is 11.1. The van der Waals surface area contributed by atoms with E-state index < -0.39 is 28.5 Å². The molecule has 0 heterocycles. The van der Waals surface area contributed by atoms with E-state index in [2.05, 4.69) is 5.32 Å². The van der Waals surface area contributed by atoms with E-state index >= 15 is 0 Å². The second kappa shape index (κ2) is 16.1. The van der Waals surface area contributed by atoms with Crippen LogP contribution in [0.15, 0.2) is 108 Å². The monoisotopic (exact) mass is 679 g/mol. The van der Waals surface area contributed by atoms with Gasteiger partial charge in [-0.15, -0.1) is 0 Å². The molecule has 0 aromatic heterocycles.